The first kappa shape index (κ1) is 31.5. The minimum atomic E-state index is -2.95. The highest BCUT2D eigenvalue weighted by molar-refractivity contribution is 6.99. The lowest BCUT2D eigenvalue weighted by molar-refractivity contribution is -0.187. The molecule has 4 aromatic carbocycles. The predicted octanol–water partition coefficient (Wildman–Crippen LogP) is 4.83. The maximum Gasteiger partial charge on any atom is 0.330 e. The van der Waals surface area contributed by atoms with Crippen molar-refractivity contribution in [2.45, 2.75) is 63.4 Å². The summed E-state index contributed by atoms with van der Waals surface area (Å²) in [6.07, 6.45) is -0.430. The lowest BCUT2D eigenvalue weighted by Gasteiger charge is -2.45. The quantitative estimate of drug-likeness (QED) is 0.231. The molecule has 2 saturated heterocycles. The summed E-state index contributed by atoms with van der Waals surface area (Å²) in [6.45, 7) is 9.12. The molecule has 5 aromatic rings. The molecule has 8 nitrogen and oxygen atoms in total. The number of hydrogen-bond acceptors (Lipinski definition) is 6. The summed E-state index contributed by atoms with van der Waals surface area (Å²) in [5, 5.41) is 4.30. The summed E-state index contributed by atoms with van der Waals surface area (Å²) in [4.78, 5) is 27.8. The summed E-state index contributed by atoms with van der Waals surface area (Å²) in [5.74, 6) is 0. The highest BCUT2D eigenvalue weighted by Crippen LogP contribution is 2.48. The van der Waals surface area contributed by atoms with Crippen molar-refractivity contribution >= 4 is 29.5 Å². The van der Waals surface area contributed by atoms with E-state index in [0.717, 1.165) is 26.7 Å². The Morgan fingerprint density at radius 3 is 2.21 bits per heavy atom. The van der Waals surface area contributed by atoms with Gasteiger partial charge < -0.3 is 18.6 Å². The van der Waals surface area contributed by atoms with Gasteiger partial charge in [-0.05, 0) is 38.7 Å². The van der Waals surface area contributed by atoms with E-state index in [1.807, 2.05) is 30.3 Å². The fourth-order valence-corrected chi connectivity index (χ4v) is 11.9. The molecule has 242 valence electrons. The third-order valence-corrected chi connectivity index (χ3v) is 14.6. The van der Waals surface area contributed by atoms with Gasteiger partial charge in [-0.1, -0.05) is 124 Å². The number of rotatable bonds is 9. The molecule has 2 fully saturated rings. The minimum absolute atomic E-state index is 0.185. The van der Waals surface area contributed by atoms with Gasteiger partial charge in [0.25, 0.3) is 13.9 Å². The molecular weight excluding hydrogens is 609 g/mol. The molecule has 0 unspecified atom stereocenters. The average molecular weight is 649 g/mol. The molecule has 0 radical (unpaired) electrons. The molecule has 2 bridgehead atoms. The number of ether oxygens (including phenoxy) is 3. The van der Waals surface area contributed by atoms with Crippen molar-refractivity contribution in [2.75, 3.05) is 13.2 Å². The maximum atomic E-state index is 13.1. The number of aryl methyl sites for hydroxylation is 1. The van der Waals surface area contributed by atoms with Crippen LogP contribution in [0.1, 0.15) is 38.1 Å². The van der Waals surface area contributed by atoms with Crippen molar-refractivity contribution in [1.29, 1.82) is 0 Å². The molecule has 7 rings (SSSR count). The van der Waals surface area contributed by atoms with E-state index in [0.29, 0.717) is 12.2 Å². The van der Waals surface area contributed by atoms with E-state index in [-0.39, 0.29) is 18.3 Å². The normalized spacial score (nSPS) is 22.6. The third-order valence-electron chi connectivity index (χ3n) is 9.64. The van der Waals surface area contributed by atoms with Gasteiger partial charge in [0, 0.05) is 11.8 Å². The second-order valence-corrected chi connectivity index (χ2v) is 18.0. The predicted molar refractivity (Wildman–Crippen MR) is 185 cm³/mol. The van der Waals surface area contributed by atoms with Gasteiger partial charge in [-0.15, -0.1) is 0 Å². The zero-order valence-electron chi connectivity index (χ0n) is 27.1. The van der Waals surface area contributed by atoms with Crippen LogP contribution in [0.2, 0.25) is 5.04 Å². The molecule has 4 atom stereocenters. The summed E-state index contributed by atoms with van der Waals surface area (Å²) in [5.41, 5.74) is -0.550. The Morgan fingerprint density at radius 1 is 0.894 bits per heavy atom. The molecule has 2 aliphatic heterocycles. The maximum absolute atomic E-state index is 13.1. The third kappa shape index (κ3) is 5.42. The van der Waals surface area contributed by atoms with Gasteiger partial charge in [0.05, 0.1) is 19.8 Å². The first-order chi connectivity index (χ1) is 22.6. The van der Waals surface area contributed by atoms with Gasteiger partial charge >= 0.3 is 5.69 Å². The highest BCUT2D eigenvalue weighted by Gasteiger charge is 2.64. The van der Waals surface area contributed by atoms with E-state index in [1.165, 1.54) is 10.8 Å². The molecule has 3 heterocycles. The summed E-state index contributed by atoms with van der Waals surface area (Å²) < 4.78 is 28.9. The number of hydrogen-bond donors (Lipinski definition) is 1. The van der Waals surface area contributed by atoms with Crippen molar-refractivity contribution in [1.82, 2.24) is 9.55 Å². The van der Waals surface area contributed by atoms with E-state index >= 15 is 0 Å². The van der Waals surface area contributed by atoms with Crippen molar-refractivity contribution in [3.05, 3.63) is 141 Å². The first-order valence-electron chi connectivity index (χ1n) is 16.1. The standard InChI is InChI=1S/C38H40N2O6Si/c1-26-22-40(36(42)39-34(26)41)35-32-33(43-23-28-16-13-15-27-14-11-12-21-31(27)28)38(46-35,24-44-32)25-45-47(37(2,3)4,29-17-7-5-8-18-29)30-19-9-6-10-20-30/h5-22,32-33,35H,23-25H2,1-4H3,(H,39,41,42)/t32-,33+,35-,38-/m1/s1. The monoisotopic (exact) mass is 648 g/mol. The number of nitrogens with one attached hydrogen (secondary N) is 1. The van der Waals surface area contributed by atoms with Gasteiger partial charge in [-0.25, -0.2) is 4.79 Å². The molecular formula is C38H40N2O6Si. The smallest absolute Gasteiger partial charge is 0.330 e. The molecule has 47 heavy (non-hydrogen) atoms. The van der Waals surface area contributed by atoms with Crippen LogP contribution >= 0.6 is 0 Å². The SMILES string of the molecule is Cc1cn([C@@H]2O[C@@]3(CO[Si](c4ccccc4)(c4ccccc4)C(C)(C)C)CO[C@@H]2[C@@H]3OCc2cccc3ccccc23)c(=O)[nH]c1=O. The van der Waals surface area contributed by atoms with Crippen molar-refractivity contribution in [3.8, 4) is 0 Å². The Labute approximate surface area is 275 Å². The van der Waals surface area contributed by atoms with Crippen LogP contribution < -0.4 is 21.6 Å². The molecule has 2 aliphatic rings. The Kier molecular flexibility index (Phi) is 8.14. The minimum Gasteiger partial charge on any atom is -0.404 e. The first-order valence-corrected chi connectivity index (χ1v) is 18.0. The number of aromatic nitrogens is 2. The van der Waals surface area contributed by atoms with E-state index in [4.69, 9.17) is 18.6 Å². The van der Waals surface area contributed by atoms with E-state index < -0.39 is 43.6 Å². The van der Waals surface area contributed by atoms with Crippen molar-refractivity contribution in [2.24, 2.45) is 0 Å². The lowest BCUT2D eigenvalue weighted by Crippen LogP contribution is -2.68. The Hall–Kier alpha value is -4.12. The fourth-order valence-electron chi connectivity index (χ4n) is 7.33. The van der Waals surface area contributed by atoms with Crippen molar-refractivity contribution in [3.63, 3.8) is 0 Å². The van der Waals surface area contributed by atoms with Crippen LogP contribution in [-0.2, 0) is 25.2 Å². The largest absolute Gasteiger partial charge is 0.404 e. The number of nitrogens with zero attached hydrogens (tertiary/aromatic N) is 1. The van der Waals surface area contributed by atoms with Crippen LogP contribution in [0.15, 0.2) is 119 Å². The number of fused-ring (bicyclic) bond motifs is 3. The van der Waals surface area contributed by atoms with Gasteiger partial charge in [-0.2, -0.15) is 0 Å². The molecule has 1 aromatic heterocycles. The van der Waals surface area contributed by atoms with E-state index in [2.05, 4.69) is 98.6 Å². The Bertz CT molecular complexity index is 1960. The number of benzene rings is 4. The average Bonchev–Trinajstić information content (AvgIpc) is 3.58. The van der Waals surface area contributed by atoms with Crippen LogP contribution in [0.3, 0.4) is 0 Å². The van der Waals surface area contributed by atoms with Crippen LogP contribution in [-0.4, -0.2) is 48.9 Å². The van der Waals surface area contributed by atoms with E-state index in [9.17, 15) is 9.59 Å². The van der Waals surface area contributed by atoms with Crippen LogP contribution in [0.5, 0.6) is 0 Å². The second kappa shape index (κ2) is 12.2. The van der Waals surface area contributed by atoms with Gasteiger partial charge in [0.2, 0.25) is 0 Å². The van der Waals surface area contributed by atoms with Crippen molar-refractivity contribution < 1.29 is 18.6 Å². The Morgan fingerprint density at radius 2 is 1.53 bits per heavy atom. The Balaban J connectivity index is 1.30. The van der Waals surface area contributed by atoms with E-state index in [1.54, 1.807) is 6.92 Å². The molecule has 0 amide bonds. The topological polar surface area (TPSA) is 91.8 Å². The summed E-state index contributed by atoms with van der Waals surface area (Å²) in [6, 6.07) is 35.3. The fraction of sp³-hybridized carbons (Fsp3) is 0.316. The highest BCUT2D eigenvalue weighted by atomic mass is 28.4. The summed E-state index contributed by atoms with van der Waals surface area (Å²) in [7, 11) is -2.95. The summed E-state index contributed by atoms with van der Waals surface area (Å²) >= 11 is 0. The van der Waals surface area contributed by atoms with Gasteiger partial charge in [0.1, 0.15) is 17.8 Å². The van der Waals surface area contributed by atoms with Crippen LogP contribution in [0.4, 0.5) is 0 Å². The van der Waals surface area contributed by atoms with Crippen LogP contribution in [0.25, 0.3) is 10.8 Å². The number of H-pyrrole nitrogens is 1. The van der Waals surface area contributed by atoms with Gasteiger partial charge in [0.15, 0.2) is 6.23 Å². The molecule has 1 N–H and O–H groups in total. The van der Waals surface area contributed by atoms with Gasteiger partial charge in [-0.3, -0.25) is 14.3 Å². The second-order valence-electron chi connectivity index (χ2n) is 13.6. The molecule has 0 aliphatic carbocycles. The molecule has 9 heteroatoms. The number of aromatic amines is 1. The lowest BCUT2D eigenvalue weighted by atomic mass is 9.99. The van der Waals surface area contributed by atoms with Crippen LogP contribution in [0, 0.1) is 6.92 Å². The zero-order chi connectivity index (χ0) is 32.8. The molecule has 0 saturated carbocycles. The molecule has 0 spiro atoms. The zero-order valence-corrected chi connectivity index (χ0v) is 28.1.